The van der Waals surface area contributed by atoms with Crippen molar-refractivity contribution in [1.82, 2.24) is 14.5 Å². The number of hydrogen-bond acceptors (Lipinski definition) is 4. The molecule has 5 nitrogen and oxygen atoms in total. The number of imidazole rings is 1. The lowest BCUT2D eigenvalue weighted by molar-refractivity contribution is 0.0326. The van der Waals surface area contributed by atoms with Gasteiger partial charge in [0, 0.05) is 26.2 Å². The van der Waals surface area contributed by atoms with Gasteiger partial charge < -0.3 is 15.0 Å². The topological polar surface area (TPSA) is 56.3 Å². The van der Waals surface area contributed by atoms with E-state index in [0.717, 1.165) is 50.7 Å². The summed E-state index contributed by atoms with van der Waals surface area (Å²) < 4.78 is 7.66. The normalized spacial score (nSPS) is 16.9. The van der Waals surface area contributed by atoms with Crippen LogP contribution in [0.25, 0.3) is 11.0 Å². The second-order valence-electron chi connectivity index (χ2n) is 5.35. The first-order chi connectivity index (χ1) is 9.78. The summed E-state index contributed by atoms with van der Waals surface area (Å²) in [5.74, 6) is 1.11. The molecule has 0 bridgehead atoms. The van der Waals surface area contributed by atoms with Gasteiger partial charge in [0.1, 0.15) is 5.82 Å². The number of fused-ring (bicyclic) bond motifs is 1. The van der Waals surface area contributed by atoms with E-state index in [1.807, 2.05) is 0 Å². The first kappa shape index (κ1) is 13.5. The van der Waals surface area contributed by atoms with Gasteiger partial charge in [0.05, 0.1) is 30.8 Å². The molecule has 0 aliphatic carbocycles. The molecule has 1 fully saturated rings. The lowest BCUT2D eigenvalue weighted by atomic mass is 10.2. The van der Waals surface area contributed by atoms with Crippen molar-refractivity contribution in [2.24, 2.45) is 5.73 Å². The summed E-state index contributed by atoms with van der Waals surface area (Å²) in [4.78, 5) is 7.20. The second kappa shape index (κ2) is 5.91. The Kier molecular flexibility index (Phi) is 4.00. The molecule has 1 aliphatic rings. The maximum Gasteiger partial charge on any atom is 0.124 e. The van der Waals surface area contributed by atoms with Gasteiger partial charge in [-0.2, -0.15) is 0 Å². The summed E-state index contributed by atoms with van der Waals surface area (Å²) in [5, 5.41) is 0. The zero-order valence-corrected chi connectivity index (χ0v) is 12.0. The zero-order valence-electron chi connectivity index (χ0n) is 12.0. The highest BCUT2D eigenvalue weighted by Crippen LogP contribution is 2.19. The Balaban J connectivity index is 1.93. The minimum absolute atomic E-state index is 0.634. The minimum Gasteiger partial charge on any atom is -0.379 e. The number of aryl methyl sites for hydroxylation is 1. The van der Waals surface area contributed by atoms with Crippen LogP contribution < -0.4 is 5.73 Å². The predicted molar refractivity (Wildman–Crippen MR) is 79.6 cm³/mol. The van der Waals surface area contributed by atoms with Crippen molar-refractivity contribution in [1.29, 1.82) is 0 Å². The second-order valence-corrected chi connectivity index (χ2v) is 5.35. The molecule has 2 heterocycles. The SMILES string of the molecule is Cc1ccc2c(c1)nc(CN1CCOCC1)n2CCN. The van der Waals surface area contributed by atoms with Crippen molar-refractivity contribution < 1.29 is 4.74 Å². The highest BCUT2D eigenvalue weighted by Gasteiger charge is 2.16. The number of morpholine rings is 1. The number of nitrogens with two attached hydrogens (primary N) is 1. The molecular formula is C15H22N4O. The summed E-state index contributed by atoms with van der Waals surface area (Å²) in [6.07, 6.45) is 0. The number of aromatic nitrogens is 2. The molecule has 0 unspecified atom stereocenters. The van der Waals surface area contributed by atoms with Crippen molar-refractivity contribution in [3.8, 4) is 0 Å². The smallest absolute Gasteiger partial charge is 0.124 e. The van der Waals surface area contributed by atoms with Crippen LogP contribution in [0.1, 0.15) is 11.4 Å². The molecule has 0 radical (unpaired) electrons. The van der Waals surface area contributed by atoms with E-state index in [0.29, 0.717) is 6.54 Å². The van der Waals surface area contributed by atoms with Gasteiger partial charge in [-0.1, -0.05) is 6.07 Å². The Morgan fingerprint density at radius 3 is 2.85 bits per heavy atom. The lowest BCUT2D eigenvalue weighted by Gasteiger charge is -2.26. The molecule has 1 aromatic heterocycles. The monoisotopic (exact) mass is 274 g/mol. The van der Waals surface area contributed by atoms with Gasteiger partial charge in [0.15, 0.2) is 0 Å². The fourth-order valence-electron chi connectivity index (χ4n) is 2.75. The molecule has 0 atom stereocenters. The van der Waals surface area contributed by atoms with Gasteiger partial charge in [0.25, 0.3) is 0 Å². The summed E-state index contributed by atoms with van der Waals surface area (Å²) >= 11 is 0. The maximum absolute atomic E-state index is 5.76. The molecule has 5 heteroatoms. The Labute approximate surface area is 119 Å². The van der Waals surface area contributed by atoms with Crippen LogP contribution in [0.2, 0.25) is 0 Å². The van der Waals surface area contributed by atoms with Gasteiger partial charge in [-0.25, -0.2) is 4.98 Å². The standard InChI is InChI=1S/C15H22N4O/c1-12-2-3-14-13(10-12)17-15(19(14)5-4-16)11-18-6-8-20-9-7-18/h2-3,10H,4-9,11,16H2,1H3. The molecule has 1 aromatic carbocycles. The van der Waals surface area contributed by atoms with E-state index in [1.54, 1.807) is 0 Å². The third-order valence-corrected chi connectivity index (χ3v) is 3.80. The van der Waals surface area contributed by atoms with Crippen LogP contribution in [0.4, 0.5) is 0 Å². The van der Waals surface area contributed by atoms with Gasteiger partial charge in [-0.05, 0) is 24.6 Å². The summed E-state index contributed by atoms with van der Waals surface area (Å²) in [5.41, 5.74) is 9.26. The van der Waals surface area contributed by atoms with Gasteiger partial charge in [-0.15, -0.1) is 0 Å². The molecule has 1 saturated heterocycles. The lowest BCUT2D eigenvalue weighted by Crippen LogP contribution is -2.36. The number of nitrogens with zero attached hydrogens (tertiary/aromatic N) is 3. The molecule has 2 aromatic rings. The van der Waals surface area contributed by atoms with Crippen molar-refractivity contribution in [2.75, 3.05) is 32.8 Å². The number of benzene rings is 1. The molecule has 0 saturated carbocycles. The first-order valence-electron chi connectivity index (χ1n) is 7.24. The maximum atomic E-state index is 5.76. The fourth-order valence-corrected chi connectivity index (χ4v) is 2.75. The summed E-state index contributed by atoms with van der Waals surface area (Å²) in [7, 11) is 0. The van der Waals surface area contributed by atoms with Crippen molar-refractivity contribution in [2.45, 2.75) is 20.0 Å². The van der Waals surface area contributed by atoms with Crippen LogP contribution in [0.15, 0.2) is 18.2 Å². The Morgan fingerprint density at radius 1 is 1.30 bits per heavy atom. The highest BCUT2D eigenvalue weighted by molar-refractivity contribution is 5.76. The van der Waals surface area contributed by atoms with Gasteiger partial charge in [-0.3, -0.25) is 4.90 Å². The van der Waals surface area contributed by atoms with Crippen molar-refractivity contribution in [3.05, 3.63) is 29.6 Å². The average molecular weight is 274 g/mol. The quantitative estimate of drug-likeness (QED) is 0.908. The average Bonchev–Trinajstić information content (AvgIpc) is 2.77. The van der Waals surface area contributed by atoms with E-state index >= 15 is 0 Å². The number of hydrogen-bond donors (Lipinski definition) is 1. The van der Waals surface area contributed by atoms with E-state index in [-0.39, 0.29) is 0 Å². The number of rotatable bonds is 4. The Morgan fingerprint density at radius 2 is 2.10 bits per heavy atom. The molecule has 1 aliphatic heterocycles. The van der Waals surface area contributed by atoms with Crippen LogP contribution in [0.5, 0.6) is 0 Å². The predicted octanol–water partition coefficient (Wildman–Crippen LogP) is 1.14. The van der Waals surface area contributed by atoms with Crippen molar-refractivity contribution in [3.63, 3.8) is 0 Å². The molecule has 20 heavy (non-hydrogen) atoms. The van der Waals surface area contributed by atoms with Crippen LogP contribution in [-0.2, 0) is 17.8 Å². The Hall–Kier alpha value is -1.43. The van der Waals surface area contributed by atoms with Crippen LogP contribution >= 0.6 is 0 Å². The number of ether oxygens (including phenoxy) is 1. The van der Waals surface area contributed by atoms with E-state index in [1.165, 1.54) is 11.1 Å². The molecule has 2 N–H and O–H groups in total. The van der Waals surface area contributed by atoms with E-state index in [4.69, 9.17) is 15.5 Å². The third-order valence-electron chi connectivity index (χ3n) is 3.80. The van der Waals surface area contributed by atoms with E-state index in [2.05, 4.69) is 34.6 Å². The summed E-state index contributed by atoms with van der Waals surface area (Å²) in [6, 6.07) is 6.43. The van der Waals surface area contributed by atoms with E-state index in [9.17, 15) is 0 Å². The largest absolute Gasteiger partial charge is 0.379 e. The van der Waals surface area contributed by atoms with Crippen LogP contribution in [0.3, 0.4) is 0 Å². The van der Waals surface area contributed by atoms with Crippen LogP contribution in [0, 0.1) is 6.92 Å². The molecule has 0 spiro atoms. The van der Waals surface area contributed by atoms with Crippen LogP contribution in [-0.4, -0.2) is 47.3 Å². The van der Waals surface area contributed by atoms with E-state index < -0.39 is 0 Å². The summed E-state index contributed by atoms with van der Waals surface area (Å²) in [6.45, 7) is 8.01. The highest BCUT2D eigenvalue weighted by atomic mass is 16.5. The first-order valence-corrected chi connectivity index (χ1v) is 7.24. The van der Waals surface area contributed by atoms with Gasteiger partial charge in [0.2, 0.25) is 0 Å². The van der Waals surface area contributed by atoms with Crippen molar-refractivity contribution >= 4 is 11.0 Å². The third kappa shape index (κ3) is 2.70. The Bertz CT molecular complexity index is 587. The molecule has 3 rings (SSSR count). The molecule has 108 valence electrons. The molecule has 0 amide bonds. The fraction of sp³-hybridized carbons (Fsp3) is 0.533. The minimum atomic E-state index is 0.634. The zero-order chi connectivity index (χ0) is 13.9. The molecular weight excluding hydrogens is 252 g/mol. The van der Waals surface area contributed by atoms with Gasteiger partial charge >= 0.3 is 0 Å².